The first-order chi connectivity index (χ1) is 10.3. The van der Waals surface area contributed by atoms with Gasteiger partial charge < -0.3 is 10.4 Å². The third kappa shape index (κ3) is 16.1. The van der Waals surface area contributed by atoms with Gasteiger partial charge >= 0.3 is 0 Å². The van der Waals surface area contributed by atoms with Crippen LogP contribution in [0.15, 0.2) is 0 Å². The van der Waals surface area contributed by atoms with Crippen molar-refractivity contribution in [3.05, 3.63) is 0 Å². The average Bonchev–Trinajstić information content (AvgIpc) is 2.50. The van der Waals surface area contributed by atoms with E-state index in [9.17, 15) is 0 Å². The molecule has 2 nitrogen and oxygen atoms in total. The molecule has 128 valence electrons. The van der Waals surface area contributed by atoms with E-state index in [2.05, 4.69) is 19.3 Å². The zero-order valence-corrected chi connectivity index (χ0v) is 14.8. The Morgan fingerprint density at radius 1 is 0.714 bits per heavy atom. The van der Waals surface area contributed by atoms with Gasteiger partial charge in [-0.3, -0.25) is 0 Å². The lowest BCUT2D eigenvalue weighted by atomic mass is 9.91. The van der Waals surface area contributed by atoms with Crippen molar-refractivity contribution in [2.24, 2.45) is 5.92 Å². The molecule has 0 radical (unpaired) electrons. The van der Waals surface area contributed by atoms with Crippen molar-refractivity contribution in [3.63, 3.8) is 0 Å². The summed E-state index contributed by atoms with van der Waals surface area (Å²) in [6, 6.07) is 0. The number of unbranched alkanes of at least 4 members (excludes halogenated alkanes) is 9. The molecule has 0 aromatic heterocycles. The fourth-order valence-electron chi connectivity index (χ4n) is 3.07. The van der Waals surface area contributed by atoms with Crippen molar-refractivity contribution >= 4 is 0 Å². The van der Waals surface area contributed by atoms with Crippen molar-refractivity contribution < 1.29 is 5.11 Å². The summed E-state index contributed by atoms with van der Waals surface area (Å²) in [5, 5.41) is 12.1. The summed E-state index contributed by atoms with van der Waals surface area (Å²) >= 11 is 0. The summed E-state index contributed by atoms with van der Waals surface area (Å²) in [7, 11) is 2.07. The molecule has 2 N–H and O–H groups in total. The van der Waals surface area contributed by atoms with Crippen LogP contribution in [0.4, 0.5) is 0 Å². The minimum absolute atomic E-state index is 0.364. The minimum atomic E-state index is 0.364. The number of hydrogen-bond donors (Lipinski definition) is 2. The van der Waals surface area contributed by atoms with Gasteiger partial charge in [0.05, 0.1) is 0 Å². The maximum atomic E-state index is 8.78. The van der Waals surface area contributed by atoms with Crippen LogP contribution >= 0.6 is 0 Å². The Morgan fingerprint density at radius 2 is 1.24 bits per heavy atom. The van der Waals surface area contributed by atoms with Crippen molar-refractivity contribution in [3.8, 4) is 0 Å². The lowest BCUT2D eigenvalue weighted by Gasteiger charge is -2.16. The topological polar surface area (TPSA) is 32.3 Å². The lowest BCUT2D eigenvalue weighted by Crippen LogP contribution is -2.13. The predicted molar refractivity (Wildman–Crippen MR) is 94.8 cm³/mol. The second-order valence-corrected chi connectivity index (χ2v) is 6.59. The molecule has 0 aromatic rings. The zero-order valence-electron chi connectivity index (χ0n) is 14.8. The van der Waals surface area contributed by atoms with Crippen LogP contribution in [0, 0.1) is 5.92 Å². The normalized spacial score (nSPS) is 12.7. The van der Waals surface area contributed by atoms with Gasteiger partial charge in [0.15, 0.2) is 0 Å². The Bertz CT molecular complexity index is 168. The van der Waals surface area contributed by atoms with Crippen LogP contribution in [0.1, 0.15) is 96.8 Å². The molecular formula is C19H41NO. The van der Waals surface area contributed by atoms with Crippen LogP contribution in [0.25, 0.3) is 0 Å². The molecule has 0 spiro atoms. The Hall–Kier alpha value is -0.0800. The monoisotopic (exact) mass is 299 g/mol. The quantitative estimate of drug-likeness (QED) is 0.357. The molecule has 0 saturated heterocycles. The van der Waals surface area contributed by atoms with E-state index < -0.39 is 0 Å². The summed E-state index contributed by atoms with van der Waals surface area (Å²) in [5.74, 6) is 0.932. The van der Waals surface area contributed by atoms with E-state index in [1.165, 1.54) is 90.0 Å². The second kappa shape index (κ2) is 18.0. The van der Waals surface area contributed by atoms with E-state index in [4.69, 9.17) is 5.11 Å². The minimum Gasteiger partial charge on any atom is -0.396 e. The van der Waals surface area contributed by atoms with Crippen LogP contribution < -0.4 is 5.32 Å². The molecule has 1 unspecified atom stereocenters. The first-order valence-corrected chi connectivity index (χ1v) is 9.60. The second-order valence-electron chi connectivity index (χ2n) is 6.59. The van der Waals surface area contributed by atoms with Crippen LogP contribution in [0.5, 0.6) is 0 Å². The highest BCUT2D eigenvalue weighted by Crippen LogP contribution is 2.21. The molecule has 0 aliphatic carbocycles. The molecule has 0 bridgehead atoms. The van der Waals surface area contributed by atoms with Gasteiger partial charge in [0, 0.05) is 6.61 Å². The van der Waals surface area contributed by atoms with Gasteiger partial charge in [0.25, 0.3) is 0 Å². The first kappa shape index (κ1) is 20.9. The molecule has 0 aromatic carbocycles. The molecule has 0 amide bonds. The number of nitrogens with one attached hydrogen (secondary N) is 1. The zero-order chi connectivity index (χ0) is 15.6. The number of hydrogen-bond acceptors (Lipinski definition) is 2. The fraction of sp³-hybridized carbons (Fsp3) is 1.00. The largest absolute Gasteiger partial charge is 0.396 e. The van der Waals surface area contributed by atoms with Gasteiger partial charge in [-0.15, -0.1) is 0 Å². The Labute approximate surface area is 134 Å². The third-order valence-electron chi connectivity index (χ3n) is 4.54. The lowest BCUT2D eigenvalue weighted by molar-refractivity contribution is 0.281. The van der Waals surface area contributed by atoms with E-state index >= 15 is 0 Å². The van der Waals surface area contributed by atoms with E-state index in [1.807, 2.05) is 0 Å². The van der Waals surface area contributed by atoms with Gasteiger partial charge in [-0.25, -0.2) is 0 Å². The SMILES string of the molecule is CCCCCCCCC(CCCCCCCO)CCNC. The number of rotatable bonds is 17. The molecule has 0 aliphatic heterocycles. The van der Waals surface area contributed by atoms with Crippen molar-refractivity contribution in [1.29, 1.82) is 0 Å². The van der Waals surface area contributed by atoms with Crippen molar-refractivity contribution in [2.75, 3.05) is 20.2 Å². The van der Waals surface area contributed by atoms with Crippen LogP contribution in [-0.4, -0.2) is 25.3 Å². The summed E-state index contributed by atoms with van der Waals surface area (Å²) in [5.41, 5.74) is 0. The standard InChI is InChI=1S/C19H41NO/c1-3-4-5-6-8-11-14-19(16-17-20-2)15-12-9-7-10-13-18-21/h19-21H,3-18H2,1-2H3. The first-order valence-electron chi connectivity index (χ1n) is 9.60. The van der Waals surface area contributed by atoms with Gasteiger partial charge in [0.2, 0.25) is 0 Å². The van der Waals surface area contributed by atoms with Gasteiger partial charge in [-0.05, 0) is 32.4 Å². The van der Waals surface area contributed by atoms with Crippen LogP contribution in [0.3, 0.4) is 0 Å². The molecule has 1 atom stereocenters. The highest BCUT2D eigenvalue weighted by molar-refractivity contribution is 4.62. The number of aliphatic hydroxyl groups excluding tert-OH is 1. The highest BCUT2D eigenvalue weighted by Gasteiger charge is 2.08. The van der Waals surface area contributed by atoms with Crippen LogP contribution in [0.2, 0.25) is 0 Å². The van der Waals surface area contributed by atoms with Crippen molar-refractivity contribution in [2.45, 2.75) is 96.8 Å². The van der Waals surface area contributed by atoms with E-state index in [0.717, 1.165) is 12.3 Å². The van der Waals surface area contributed by atoms with Crippen molar-refractivity contribution in [1.82, 2.24) is 5.32 Å². The molecule has 0 heterocycles. The van der Waals surface area contributed by atoms with Gasteiger partial charge in [0.1, 0.15) is 0 Å². The maximum Gasteiger partial charge on any atom is 0.0431 e. The van der Waals surface area contributed by atoms with E-state index in [-0.39, 0.29) is 0 Å². The summed E-state index contributed by atoms with van der Waals surface area (Å²) in [6.45, 7) is 3.82. The van der Waals surface area contributed by atoms with E-state index in [0.29, 0.717) is 6.61 Å². The molecule has 21 heavy (non-hydrogen) atoms. The summed E-state index contributed by atoms with van der Waals surface area (Å²) in [4.78, 5) is 0. The van der Waals surface area contributed by atoms with E-state index in [1.54, 1.807) is 0 Å². The average molecular weight is 300 g/mol. The highest BCUT2D eigenvalue weighted by atomic mass is 16.2. The Balaban J connectivity index is 3.56. The maximum absolute atomic E-state index is 8.78. The fourth-order valence-corrected chi connectivity index (χ4v) is 3.07. The molecule has 0 fully saturated rings. The van der Waals surface area contributed by atoms with Crippen LogP contribution in [-0.2, 0) is 0 Å². The van der Waals surface area contributed by atoms with Gasteiger partial charge in [-0.1, -0.05) is 84.0 Å². The number of aliphatic hydroxyl groups is 1. The third-order valence-corrected chi connectivity index (χ3v) is 4.54. The molecule has 0 rings (SSSR count). The smallest absolute Gasteiger partial charge is 0.0431 e. The summed E-state index contributed by atoms with van der Waals surface area (Å²) in [6.07, 6.45) is 18.9. The Kier molecular flexibility index (Phi) is 17.9. The molecular weight excluding hydrogens is 258 g/mol. The molecule has 0 aliphatic rings. The predicted octanol–water partition coefficient (Wildman–Crippen LogP) is 5.30. The molecule has 2 heteroatoms. The molecule has 0 saturated carbocycles. The summed E-state index contributed by atoms with van der Waals surface area (Å²) < 4.78 is 0. The van der Waals surface area contributed by atoms with Gasteiger partial charge in [-0.2, -0.15) is 0 Å². The Morgan fingerprint density at radius 3 is 1.76 bits per heavy atom.